The first-order valence-corrected chi connectivity index (χ1v) is 10.2. The molecule has 5 nitrogen and oxygen atoms in total. The smallest absolute Gasteiger partial charge is 0.344 e. The third-order valence-corrected chi connectivity index (χ3v) is 6.08. The second kappa shape index (κ2) is 8.63. The van der Waals surface area contributed by atoms with Gasteiger partial charge in [-0.1, -0.05) is 49.6 Å². The van der Waals surface area contributed by atoms with Gasteiger partial charge >= 0.3 is 5.97 Å². The number of likely N-dealkylation sites (tertiary alicyclic amines) is 1. The van der Waals surface area contributed by atoms with Crippen molar-refractivity contribution in [3.05, 3.63) is 42.5 Å². The molecule has 5 heteroatoms. The highest BCUT2D eigenvalue weighted by atomic mass is 16.6. The second-order valence-electron chi connectivity index (χ2n) is 7.89. The van der Waals surface area contributed by atoms with Crippen LogP contribution in [0, 0.1) is 11.8 Å². The van der Waals surface area contributed by atoms with Crippen LogP contribution in [0.15, 0.2) is 42.5 Å². The van der Waals surface area contributed by atoms with Crippen molar-refractivity contribution in [2.45, 2.75) is 32.1 Å². The third kappa shape index (κ3) is 4.46. The number of amides is 1. The maximum absolute atomic E-state index is 12.4. The molecular weight excluding hydrogens is 354 g/mol. The number of hydrogen-bond acceptors (Lipinski definition) is 4. The van der Waals surface area contributed by atoms with Crippen LogP contribution < -0.4 is 4.74 Å². The Bertz CT molecular complexity index is 849. The minimum atomic E-state index is -0.519. The first-order valence-electron chi connectivity index (χ1n) is 10.2. The van der Waals surface area contributed by atoms with Gasteiger partial charge in [0.2, 0.25) is 0 Å². The molecule has 2 aromatic carbocycles. The molecule has 1 aliphatic heterocycles. The summed E-state index contributed by atoms with van der Waals surface area (Å²) in [4.78, 5) is 26.2. The average molecular weight is 381 g/mol. The topological polar surface area (TPSA) is 55.8 Å². The van der Waals surface area contributed by atoms with E-state index in [1.807, 2.05) is 47.4 Å². The van der Waals surface area contributed by atoms with Crippen LogP contribution in [0.2, 0.25) is 0 Å². The number of benzene rings is 2. The van der Waals surface area contributed by atoms with Crippen molar-refractivity contribution in [1.29, 1.82) is 0 Å². The van der Waals surface area contributed by atoms with Crippen LogP contribution in [0.4, 0.5) is 0 Å². The van der Waals surface area contributed by atoms with Crippen LogP contribution in [0.3, 0.4) is 0 Å². The van der Waals surface area contributed by atoms with Crippen molar-refractivity contribution in [1.82, 2.24) is 4.90 Å². The van der Waals surface area contributed by atoms with Crippen molar-refractivity contribution >= 4 is 22.6 Å². The van der Waals surface area contributed by atoms with Gasteiger partial charge in [-0.15, -0.1) is 0 Å². The van der Waals surface area contributed by atoms with Gasteiger partial charge in [-0.25, -0.2) is 4.79 Å². The standard InChI is InChI=1S/C23H27NO4/c25-22(24-12-11-18-6-2-4-8-20(18)14-24)15-28-23(26)16-27-21-10-9-17-5-1-3-7-19(17)13-21/h1,3,5,7,9-10,13,18,20H,2,4,6,8,11-12,14-16H2/t18-,20-/m0/s1. The van der Waals surface area contributed by atoms with Gasteiger partial charge < -0.3 is 14.4 Å². The number of ether oxygens (including phenoxy) is 2. The maximum Gasteiger partial charge on any atom is 0.344 e. The molecule has 1 saturated carbocycles. The van der Waals surface area contributed by atoms with Crippen LogP contribution >= 0.6 is 0 Å². The second-order valence-corrected chi connectivity index (χ2v) is 7.89. The van der Waals surface area contributed by atoms with Crippen LogP contribution in [0.1, 0.15) is 32.1 Å². The number of nitrogens with zero attached hydrogens (tertiary/aromatic N) is 1. The number of piperidine rings is 1. The summed E-state index contributed by atoms with van der Waals surface area (Å²) in [6.07, 6.45) is 6.19. The lowest BCUT2D eigenvalue weighted by Gasteiger charge is -2.41. The zero-order chi connectivity index (χ0) is 19.3. The quantitative estimate of drug-likeness (QED) is 0.739. The molecular formula is C23H27NO4. The van der Waals surface area contributed by atoms with E-state index in [9.17, 15) is 9.59 Å². The van der Waals surface area contributed by atoms with Crippen molar-refractivity contribution in [2.75, 3.05) is 26.3 Å². The Labute approximate surface area is 165 Å². The van der Waals surface area contributed by atoms with Crippen molar-refractivity contribution in [3.63, 3.8) is 0 Å². The Morgan fingerprint density at radius 2 is 1.71 bits per heavy atom. The van der Waals surface area contributed by atoms with E-state index < -0.39 is 5.97 Å². The van der Waals surface area contributed by atoms with Gasteiger partial charge in [0.25, 0.3) is 5.91 Å². The van der Waals surface area contributed by atoms with Gasteiger partial charge in [0, 0.05) is 13.1 Å². The molecule has 2 fully saturated rings. The molecule has 1 amide bonds. The van der Waals surface area contributed by atoms with Crippen molar-refractivity contribution in [2.24, 2.45) is 11.8 Å². The maximum atomic E-state index is 12.4. The van der Waals surface area contributed by atoms with Gasteiger partial charge in [0.1, 0.15) is 5.75 Å². The van der Waals surface area contributed by atoms with E-state index in [1.54, 1.807) is 0 Å². The first kappa shape index (κ1) is 18.8. The lowest BCUT2D eigenvalue weighted by molar-refractivity contribution is -0.154. The largest absolute Gasteiger partial charge is 0.482 e. The zero-order valence-corrected chi connectivity index (χ0v) is 16.1. The summed E-state index contributed by atoms with van der Waals surface area (Å²) >= 11 is 0. The summed E-state index contributed by atoms with van der Waals surface area (Å²) < 4.78 is 10.7. The number of carbonyl (C=O) groups excluding carboxylic acids is 2. The van der Waals surface area contributed by atoms with Gasteiger partial charge in [0.15, 0.2) is 13.2 Å². The molecule has 1 aliphatic carbocycles. The van der Waals surface area contributed by atoms with Gasteiger partial charge in [-0.05, 0) is 47.6 Å². The Balaban J connectivity index is 1.22. The van der Waals surface area contributed by atoms with Crippen molar-refractivity contribution in [3.8, 4) is 5.75 Å². The number of rotatable bonds is 5. The van der Waals surface area contributed by atoms with Gasteiger partial charge in [-0.3, -0.25) is 4.79 Å². The fourth-order valence-electron chi connectivity index (χ4n) is 4.50. The Morgan fingerprint density at radius 3 is 2.57 bits per heavy atom. The fourth-order valence-corrected chi connectivity index (χ4v) is 4.50. The third-order valence-electron chi connectivity index (χ3n) is 6.08. The monoisotopic (exact) mass is 381 g/mol. The molecule has 28 heavy (non-hydrogen) atoms. The van der Waals surface area contributed by atoms with E-state index in [0.717, 1.165) is 36.2 Å². The van der Waals surface area contributed by atoms with Gasteiger partial charge in [-0.2, -0.15) is 0 Å². The summed E-state index contributed by atoms with van der Waals surface area (Å²) in [5, 5.41) is 2.17. The normalized spacial score (nSPS) is 21.8. The Morgan fingerprint density at radius 1 is 0.929 bits per heavy atom. The minimum Gasteiger partial charge on any atom is -0.482 e. The Hall–Kier alpha value is -2.56. The summed E-state index contributed by atoms with van der Waals surface area (Å²) in [5.41, 5.74) is 0. The molecule has 2 aromatic rings. The number of hydrogen-bond donors (Lipinski definition) is 0. The zero-order valence-electron chi connectivity index (χ0n) is 16.1. The predicted octanol–water partition coefficient (Wildman–Crippen LogP) is 3.80. The minimum absolute atomic E-state index is 0.0944. The highest BCUT2D eigenvalue weighted by Gasteiger charge is 2.33. The Kier molecular flexibility index (Phi) is 5.79. The summed E-state index contributed by atoms with van der Waals surface area (Å²) in [7, 11) is 0. The molecule has 0 bridgehead atoms. The lowest BCUT2D eigenvalue weighted by Crippen LogP contribution is -2.46. The molecule has 0 spiro atoms. The van der Waals surface area contributed by atoms with E-state index in [-0.39, 0.29) is 19.1 Å². The number of esters is 1. The fraction of sp³-hybridized carbons (Fsp3) is 0.478. The molecule has 0 N–H and O–H groups in total. The molecule has 0 aromatic heterocycles. The van der Waals surface area contributed by atoms with Gasteiger partial charge in [0.05, 0.1) is 0 Å². The van der Waals surface area contributed by atoms with Crippen molar-refractivity contribution < 1.29 is 19.1 Å². The number of fused-ring (bicyclic) bond motifs is 2. The summed E-state index contributed by atoms with van der Waals surface area (Å²) in [6.45, 7) is 1.20. The summed E-state index contributed by atoms with van der Waals surface area (Å²) in [5.74, 6) is 1.40. The van der Waals surface area contributed by atoms with E-state index in [2.05, 4.69) is 0 Å². The average Bonchev–Trinajstić information content (AvgIpc) is 2.75. The molecule has 0 unspecified atom stereocenters. The van der Waals surface area contributed by atoms with E-state index in [1.165, 1.54) is 25.7 Å². The molecule has 2 atom stereocenters. The molecule has 0 radical (unpaired) electrons. The summed E-state index contributed by atoms with van der Waals surface area (Å²) in [6, 6.07) is 13.6. The first-order chi connectivity index (χ1) is 13.7. The highest BCUT2D eigenvalue weighted by Crippen LogP contribution is 2.36. The van der Waals surface area contributed by atoms with E-state index in [4.69, 9.17) is 9.47 Å². The van der Waals surface area contributed by atoms with Crippen LogP contribution in [0.25, 0.3) is 10.8 Å². The number of carbonyl (C=O) groups is 2. The molecule has 148 valence electrons. The van der Waals surface area contributed by atoms with E-state index >= 15 is 0 Å². The van der Waals surface area contributed by atoms with Crippen LogP contribution in [0.5, 0.6) is 5.75 Å². The van der Waals surface area contributed by atoms with E-state index in [0.29, 0.717) is 11.7 Å². The lowest BCUT2D eigenvalue weighted by atomic mass is 9.75. The molecule has 4 rings (SSSR count). The highest BCUT2D eigenvalue weighted by molar-refractivity contribution is 5.84. The predicted molar refractivity (Wildman–Crippen MR) is 107 cm³/mol. The van der Waals surface area contributed by atoms with Crippen LogP contribution in [-0.4, -0.2) is 43.1 Å². The van der Waals surface area contributed by atoms with Crippen LogP contribution in [-0.2, 0) is 14.3 Å². The molecule has 1 heterocycles. The molecule has 2 aliphatic rings. The SMILES string of the molecule is O=C(COc1ccc2ccccc2c1)OCC(=O)N1CC[C@@H]2CCCC[C@H]2C1. The molecule has 1 saturated heterocycles.